The van der Waals surface area contributed by atoms with Crippen LogP contribution in [-0.4, -0.2) is 25.0 Å². The summed E-state index contributed by atoms with van der Waals surface area (Å²) in [6.07, 6.45) is 1.69. The van der Waals surface area contributed by atoms with Gasteiger partial charge in [-0.05, 0) is 37.4 Å². The van der Waals surface area contributed by atoms with E-state index in [1.165, 1.54) is 11.3 Å². The van der Waals surface area contributed by atoms with Crippen LogP contribution in [0.15, 0.2) is 48.4 Å². The summed E-state index contributed by atoms with van der Waals surface area (Å²) < 4.78 is 5.88. The number of carbonyl (C=O) groups excluding carboxylic acids is 2. The fraction of sp³-hybridized carbons (Fsp3) is 0.263. The van der Waals surface area contributed by atoms with Crippen LogP contribution in [0.1, 0.15) is 23.5 Å². The number of carbonyl (C=O) groups is 2. The molecule has 1 aliphatic heterocycles. The van der Waals surface area contributed by atoms with Crippen molar-refractivity contribution >= 4 is 34.5 Å². The van der Waals surface area contributed by atoms with Crippen LogP contribution in [-0.2, 0) is 4.79 Å². The maximum atomic E-state index is 12.8. The number of fused-ring (bicyclic) bond motifs is 1. The zero-order valence-corrected chi connectivity index (χ0v) is 15.1. The molecule has 0 aliphatic carbocycles. The normalized spacial score (nSPS) is 15.8. The largest absolute Gasteiger partial charge is 0.490 e. The maximum absolute atomic E-state index is 12.8. The van der Waals surface area contributed by atoms with Gasteiger partial charge in [0.15, 0.2) is 0 Å². The Balaban J connectivity index is 1.91. The van der Waals surface area contributed by atoms with Crippen LogP contribution in [0.2, 0.25) is 0 Å². The molecule has 25 heavy (non-hydrogen) atoms. The first-order chi connectivity index (χ1) is 11.9. The van der Waals surface area contributed by atoms with E-state index < -0.39 is 5.41 Å². The highest BCUT2D eigenvalue weighted by molar-refractivity contribution is 7.12. The molecule has 0 bridgehead atoms. The molecule has 6 heteroatoms. The number of hydrogen-bond donors (Lipinski definition) is 1. The minimum absolute atomic E-state index is 0.0125. The highest BCUT2D eigenvalue weighted by atomic mass is 32.1. The van der Waals surface area contributed by atoms with Gasteiger partial charge in [0, 0.05) is 18.3 Å². The van der Waals surface area contributed by atoms with E-state index in [-0.39, 0.29) is 18.4 Å². The smallest absolute Gasteiger partial charge is 0.265 e. The first kappa shape index (κ1) is 17.2. The Morgan fingerprint density at radius 1 is 1.44 bits per heavy atom. The van der Waals surface area contributed by atoms with Crippen molar-refractivity contribution < 1.29 is 14.3 Å². The molecule has 0 saturated carbocycles. The van der Waals surface area contributed by atoms with Gasteiger partial charge in [-0.1, -0.05) is 12.1 Å². The Labute approximate surface area is 150 Å². The number of anilines is 2. The molecule has 1 aromatic carbocycles. The zero-order valence-electron chi connectivity index (χ0n) is 14.2. The van der Waals surface area contributed by atoms with Crippen molar-refractivity contribution in [3.05, 3.63) is 53.2 Å². The molecule has 3 rings (SSSR count). The fourth-order valence-electron chi connectivity index (χ4n) is 2.64. The standard InChI is InChI=1S/C19H20N2O3S/c1-4-9-21-14-8-7-13(20-17(22)16-6-5-10-25-16)11-15(14)24-12-19(2,3)18(21)23/h4-8,10-11H,1,9,12H2,2-3H3,(H,20,22). The second-order valence-electron chi connectivity index (χ2n) is 6.49. The van der Waals surface area contributed by atoms with Crippen molar-refractivity contribution in [1.82, 2.24) is 0 Å². The van der Waals surface area contributed by atoms with Crippen molar-refractivity contribution in [3.63, 3.8) is 0 Å². The Hall–Kier alpha value is -2.60. The van der Waals surface area contributed by atoms with Crippen molar-refractivity contribution in [2.45, 2.75) is 13.8 Å². The molecule has 0 fully saturated rings. The van der Waals surface area contributed by atoms with E-state index >= 15 is 0 Å². The van der Waals surface area contributed by atoms with Gasteiger partial charge in [0.1, 0.15) is 12.4 Å². The first-order valence-electron chi connectivity index (χ1n) is 7.97. The van der Waals surface area contributed by atoms with Gasteiger partial charge in [-0.25, -0.2) is 0 Å². The zero-order chi connectivity index (χ0) is 18.0. The third-order valence-corrected chi connectivity index (χ3v) is 4.85. The van der Waals surface area contributed by atoms with Crippen molar-refractivity contribution in [1.29, 1.82) is 0 Å². The van der Waals surface area contributed by atoms with Gasteiger partial charge in [0.25, 0.3) is 5.91 Å². The Kier molecular flexibility index (Phi) is 4.63. The minimum atomic E-state index is -0.636. The SMILES string of the molecule is C=CCN1C(=O)C(C)(C)COc2cc(NC(=O)c3cccs3)ccc21. The molecule has 0 spiro atoms. The number of ether oxygens (including phenoxy) is 1. The molecule has 2 heterocycles. The molecule has 1 N–H and O–H groups in total. The van der Waals surface area contributed by atoms with Gasteiger partial charge in [-0.2, -0.15) is 0 Å². The maximum Gasteiger partial charge on any atom is 0.265 e. The van der Waals surface area contributed by atoms with E-state index in [1.807, 2.05) is 25.3 Å². The molecule has 0 unspecified atom stereocenters. The van der Waals surface area contributed by atoms with Crippen LogP contribution >= 0.6 is 11.3 Å². The topological polar surface area (TPSA) is 58.6 Å². The summed E-state index contributed by atoms with van der Waals surface area (Å²) in [5.41, 5.74) is 0.676. The molecular weight excluding hydrogens is 336 g/mol. The minimum Gasteiger partial charge on any atom is -0.490 e. The molecule has 2 aromatic rings. The average molecular weight is 356 g/mol. The third kappa shape index (κ3) is 3.44. The summed E-state index contributed by atoms with van der Waals surface area (Å²) in [7, 11) is 0. The first-order valence-corrected chi connectivity index (χ1v) is 8.85. The lowest BCUT2D eigenvalue weighted by molar-refractivity contribution is -0.127. The van der Waals surface area contributed by atoms with Crippen LogP contribution in [0.5, 0.6) is 5.75 Å². The average Bonchev–Trinajstić information content (AvgIpc) is 3.10. The monoisotopic (exact) mass is 356 g/mol. The summed E-state index contributed by atoms with van der Waals surface area (Å²) in [6, 6.07) is 8.93. The van der Waals surface area contributed by atoms with Gasteiger partial charge >= 0.3 is 0 Å². The van der Waals surface area contributed by atoms with Gasteiger partial charge in [0.2, 0.25) is 5.91 Å². The summed E-state index contributed by atoms with van der Waals surface area (Å²) in [5, 5.41) is 4.72. The van der Waals surface area contributed by atoms with Gasteiger partial charge in [0.05, 0.1) is 16.0 Å². The summed E-state index contributed by atoms with van der Waals surface area (Å²) in [6.45, 7) is 8.13. The summed E-state index contributed by atoms with van der Waals surface area (Å²) in [5.74, 6) is 0.397. The predicted molar refractivity (Wildman–Crippen MR) is 101 cm³/mol. The van der Waals surface area contributed by atoms with E-state index in [0.29, 0.717) is 28.5 Å². The van der Waals surface area contributed by atoms with E-state index in [2.05, 4.69) is 11.9 Å². The number of nitrogens with one attached hydrogen (secondary N) is 1. The van der Waals surface area contributed by atoms with E-state index in [1.54, 1.807) is 35.2 Å². The molecule has 1 aliphatic rings. The molecule has 130 valence electrons. The second kappa shape index (κ2) is 6.72. The van der Waals surface area contributed by atoms with Gasteiger partial charge in [-0.3, -0.25) is 9.59 Å². The molecule has 0 saturated heterocycles. The quantitative estimate of drug-likeness (QED) is 0.844. The van der Waals surface area contributed by atoms with E-state index in [4.69, 9.17) is 4.74 Å². The molecule has 2 amide bonds. The van der Waals surface area contributed by atoms with Crippen LogP contribution in [0, 0.1) is 5.41 Å². The second-order valence-corrected chi connectivity index (χ2v) is 7.44. The third-order valence-electron chi connectivity index (χ3n) is 3.98. The van der Waals surface area contributed by atoms with Crippen LogP contribution < -0.4 is 15.0 Å². The van der Waals surface area contributed by atoms with E-state index in [0.717, 1.165) is 0 Å². The molecule has 5 nitrogen and oxygen atoms in total. The number of hydrogen-bond acceptors (Lipinski definition) is 4. The Morgan fingerprint density at radius 3 is 2.92 bits per heavy atom. The lowest BCUT2D eigenvalue weighted by Gasteiger charge is -2.27. The van der Waals surface area contributed by atoms with Crippen LogP contribution in [0.25, 0.3) is 0 Å². The molecule has 1 aromatic heterocycles. The number of benzene rings is 1. The van der Waals surface area contributed by atoms with Crippen molar-refractivity contribution in [3.8, 4) is 5.75 Å². The van der Waals surface area contributed by atoms with Crippen molar-refractivity contribution in [2.75, 3.05) is 23.4 Å². The highest BCUT2D eigenvalue weighted by Crippen LogP contribution is 2.38. The lowest BCUT2D eigenvalue weighted by atomic mass is 9.93. The van der Waals surface area contributed by atoms with Crippen LogP contribution in [0.4, 0.5) is 11.4 Å². The van der Waals surface area contributed by atoms with Crippen LogP contribution in [0.3, 0.4) is 0 Å². The molecule has 0 atom stereocenters. The van der Waals surface area contributed by atoms with Crippen molar-refractivity contribution in [2.24, 2.45) is 5.41 Å². The lowest BCUT2D eigenvalue weighted by Crippen LogP contribution is -2.42. The summed E-state index contributed by atoms with van der Waals surface area (Å²) in [4.78, 5) is 27.3. The van der Waals surface area contributed by atoms with Gasteiger partial charge < -0.3 is 15.0 Å². The summed E-state index contributed by atoms with van der Waals surface area (Å²) >= 11 is 1.38. The predicted octanol–water partition coefficient (Wildman–Crippen LogP) is 3.94. The number of thiophene rings is 1. The Morgan fingerprint density at radius 2 is 2.24 bits per heavy atom. The highest BCUT2D eigenvalue weighted by Gasteiger charge is 2.37. The molecule has 0 radical (unpaired) electrons. The Bertz CT molecular complexity index is 812. The molecular formula is C19H20N2O3S. The number of amides is 2. The van der Waals surface area contributed by atoms with Gasteiger partial charge in [-0.15, -0.1) is 17.9 Å². The number of nitrogens with zero attached hydrogens (tertiary/aromatic N) is 1. The fourth-order valence-corrected chi connectivity index (χ4v) is 3.25. The number of rotatable bonds is 4. The van der Waals surface area contributed by atoms with E-state index in [9.17, 15) is 9.59 Å².